The maximum Gasteiger partial charge on any atom is 0.258 e. The van der Waals surface area contributed by atoms with E-state index in [2.05, 4.69) is 20.6 Å². The molecule has 0 aliphatic heterocycles. The molecule has 0 bridgehead atoms. The molecular formula is C37H43N5O5S2. The van der Waals surface area contributed by atoms with Crippen LogP contribution in [0.3, 0.4) is 0 Å². The quantitative estimate of drug-likeness (QED) is 0.119. The van der Waals surface area contributed by atoms with Crippen molar-refractivity contribution in [3.8, 4) is 5.75 Å². The lowest BCUT2D eigenvalue weighted by Crippen LogP contribution is -2.52. The zero-order valence-electron chi connectivity index (χ0n) is 28.2. The van der Waals surface area contributed by atoms with Crippen molar-refractivity contribution in [3.63, 3.8) is 0 Å². The maximum absolute atomic E-state index is 14.2. The number of aromatic nitrogens is 2. The van der Waals surface area contributed by atoms with E-state index in [1.165, 1.54) is 15.6 Å². The second-order valence-corrected chi connectivity index (χ2v) is 15.4. The highest BCUT2D eigenvalue weighted by Gasteiger charge is 2.32. The van der Waals surface area contributed by atoms with Gasteiger partial charge in [-0.3, -0.25) is 9.78 Å². The van der Waals surface area contributed by atoms with Crippen molar-refractivity contribution in [2.45, 2.75) is 57.7 Å². The van der Waals surface area contributed by atoms with Gasteiger partial charge in [-0.25, -0.2) is 13.4 Å². The number of hydrogen-bond acceptors (Lipinski definition) is 9. The van der Waals surface area contributed by atoms with E-state index >= 15 is 0 Å². The number of nitrogens with zero attached hydrogens (tertiary/aromatic N) is 3. The molecule has 2 aromatic heterocycles. The van der Waals surface area contributed by atoms with Crippen molar-refractivity contribution in [1.29, 1.82) is 0 Å². The number of carbonyl (C=O) groups excluding carboxylic acids is 1. The predicted octanol–water partition coefficient (Wildman–Crippen LogP) is 5.73. The van der Waals surface area contributed by atoms with E-state index < -0.39 is 28.1 Å². The number of thiazole rings is 1. The lowest BCUT2D eigenvalue weighted by Gasteiger charge is -2.30. The Hall–Kier alpha value is -4.36. The van der Waals surface area contributed by atoms with Gasteiger partial charge in [-0.2, -0.15) is 4.31 Å². The molecule has 0 saturated heterocycles. The van der Waals surface area contributed by atoms with E-state index in [-0.39, 0.29) is 30.5 Å². The smallest absolute Gasteiger partial charge is 0.258 e. The number of amides is 1. The molecule has 5 rings (SSSR count). The molecule has 0 spiro atoms. The molecule has 2 heterocycles. The molecule has 0 saturated carbocycles. The number of aliphatic hydroxyl groups excluding tert-OH is 1. The summed E-state index contributed by atoms with van der Waals surface area (Å²) in [4.78, 5) is 22.2. The third-order valence-corrected chi connectivity index (χ3v) is 10.8. The molecule has 10 nitrogen and oxygen atoms in total. The van der Waals surface area contributed by atoms with Crippen molar-refractivity contribution in [1.82, 2.24) is 19.6 Å². The van der Waals surface area contributed by atoms with Gasteiger partial charge < -0.3 is 20.5 Å². The van der Waals surface area contributed by atoms with E-state index in [9.17, 15) is 18.3 Å². The van der Waals surface area contributed by atoms with Crippen LogP contribution in [0.1, 0.15) is 36.2 Å². The molecule has 12 heteroatoms. The monoisotopic (exact) mass is 701 g/mol. The van der Waals surface area contributed by atoms with Gasteiger partial charge in [-0.15, -0.1) is 0 Å². The number of hydrogen-bond donors (Lipinski definition) is 3. The van der Waals surface area contributed by atoms with Crippen LogP contribution in [0.25, 0.3) is 10.2 Å². The SMILES string of the molecule is Cc1cccc(C)c1OCC(=O)N[C@@H](Cc1ccccc1)[C@H](O)CN(CC(C)C)S(=O)(=O)c1ccc2nc(NCc3ccccn3)sc2c1. The number of carbonyl (C=O) groups is 1. The summed E-state index contributed by atoms with van der Waals surface area (Å²) in [7, 11) is -4.03. The molecule has 1 amide bonds. The van der Waals surface area contributed by atoms with Crippen LogP contribution < -0.4 is 15.4 Å². The van der Waals surface area contributed by atoms with Crippen molar-refractivity contribution in [2.24, 2.45) is 5.92 Å². The zero-order chi connectivity index (χ0) is 35.0. The minimum absolute atomic E-state index is 0.0237. The van der Waals surface area contributed by atoms with Gasteiger partial charge in [0.25, 0.3) is 5.91 Å². The van der Waals surface area contributed by atoms with Crippen molar-refractivity contribution >= 4 is 42.6 Å². The number of anilines is 1. The van der Waals surface area contributed by atoms with E-state index in [1.54, 1.807) is 24.4 Å². The van der Waals surface area contributed by atoms with Crippen LogP contribution in [0, 0.1) is 19.8 Å². The molecule has 0 unspecified atom stereocenters. The van der Waals surface area contributed by atoms with Crippen molar-refractivity contribution in [2.75, 3.05) is 25.0 Å². The van der Waals surface area contributed by atoms with Crippen LogP contribution in [0.5, 0.6) is 5.75 Å². The Kier molecular flexibility index (Phi) is 12.0. The molecule has 0 radical (unpaired) electrons. The summed E-state index contributed by atoms with van der Waals surface area (Å²) in [5.41, 5.74) is 4.26. The number of ether oxygens (including phenoxy) is 1. The van der Waals surface area contributed by atoms with Gasteiger partial charge in [0.05, 0.1) is 39.5 Å². The molecule has 0 aliphatic rings. The fourth-order valence-corrected chi connectivity index (χ4v) is 8.16. The molecule has 5 aromatic rings. The number of para-hydroxylation sites is 1. The minimum Gasteiger partial charge on any atom is -0.483 e. The molecule has 0 fully saturated rings. The van der Waals surface area contributed by atoms with E-state index in [4.69, 9.17) is 4.74 Å². The van der Waals surface area contributed by atoms with Crippen LogP contribution in [-0.4, -0.2) is 65.5 Å². The largest absolute Gasteiger partial charge is 0.483 e. The highest BCUT2D eigenvalue weighted by Crippen LogP contribution is 2.30. The first-order valence-corrected chi connectivity index (χ1v) is 18.5. The van der Waals surface area contributed by atoms with Crippen LogP contribution >= 0.6 is 11.3 Å². The number of aryl methyl sites for hydroxylation is 2. The maximum atomic E-state index is 14.2. The summed E-state index contributed by atoms with van der Waals surface area (Å²) in [6.45, 7) is 7.89. The molecule has 49 heavy (non-hydrogen) atoms. The Balaban J connectivity index is 1.33. The van der Waals surface area contributed by atoms with Crippen molar-refractivity contribution in [3.05, 3.63) is 114 Å². The molecular weight excluding hydrogens is 659 g/mol. The van der Waals surface area contributed by atoms with Crippen LogP contribution in [0.2, 0.25) is 0 Å². The summed E-state index contributed by atoms with van der Waals surface area (Å²) >= 11 is 1.36. The number of aliphatic hydroxyl groups is 1. The number of pyridine rings is 1. The molecule has 3 aromatic carbocycles. The predicted molar refractivity (Wildman–Crippen MR) is 194 cm³/mol. The Morgan fingerprint density at radius 3 is 2.39 bits per heavy atom. The fourth-order valence-electron chi connectivity index (χ4n) is 5.54. The highest BCUT2D eigenvalue weighted by molar-refractivity contribution is 7.89. The first-order chi connectivity index (χ1) is 23.5. The van der Waals surface area contributed by atoms with E-state index in [1.807, 2.05) is 94.4 Å². The Morgan fingerprint density at radius 2 is 1.69 bits per heavy atom. The van der Waals surface area contributed by atoms with Gasteiger partial charge in [0.1, 0.15) is 5.75 Å². The van der Waals surface area contributed by atoms with Gasteiger partial charge >= 0.3 is 0 Å². The Labute approximate surface area is 292 Å². The normalized spacial score (nSPS) is 13.0. The first kappa shape index (κ1) is 35.9. The average Bonchev–Trinajstić information content (AvgIpc) is 3.50. The Bertz CT molecular complexity index is 1930. The summed E-state index contributed by atoms with van der Waals surface area (Å²) in [6, 6.07) is 25.0. The standard InChI is InChI=1S/C37H43N5O5S2/c1-25(2)22-42(49(45,46)30-16-17-31-34(20-30)48-37(41-31)39-21-29-15-8-9-18-38-29)23-33(43)32(19-28-13-6-5-7-14-28)40-35(44)24-47-36-26(3)11-10-12-27(36)4/h5-18,20,25,32-33,43H,19,21-24H2,1-4H3,(H,39,41)(H,40,44)/t32-,33+/m0/s1. The number of nitrogens with one attached hydrogen (secondary N) is 2. The van der Waals surface area contributed by atoms with Gasteiger partial charge in [-0.05, 0) is 73.2 Å². The van der Waals surface area contributed by atoms with Gasteiger partial charge in [0.2, 0.25) is 10.0 Å². The lowest BCUT2D eigenvalue weighted by molar-refractivity contribution is -0.124. The van der Waals surface area contributed by atoms with Crippen LogP contribution in [-0.2, 0) is 27.8 Å². The first-order valence-electron chi connectivity index (χ1n) is 16.2. The van der Waals surface area contributed by atoms with E-state index in [0.29, 0.717) is 34.1 Å². The number of sulfonamides is 1. The van der Waals surface area contributed by atoms with Gasteiger partial charge in [0.15, 0.2) is 11.7 Å². The van der Waals surface area contributed by atoms with Gasteiger partial charge in [-0.1, -0.05) is 79.8 Å². The number of benzene rings is 3. The molecule has 2 atom stereocenters. The zero-order valence-corrected chi connectivity index (χ0v) is 29.8. The second kappa shape index (κ2) is 16.4. The van der Waals surface area contributed by atoms with Crippen molar-refractivity contribution < 1.29 is 23.1 Å². The summed E-state index contributed by atoms with van der Waals surface area (Å²) in [5, 5.41) is 18.5. The third-order valence-electron chi connectivity index (χ3n) is 7.97. The molecule has 3 N–H and O–H groups in total. The minimum atomic E-state index is -4.03. The molecule has 0 aliphatic carbocycles. The lowest BCUT2D eigenvalue weighted by atomic mass is 10.0. The summed E-state index contributed by atoms with van der Waals surface area (Å²) in [6.07, 6.45) is 0.812. The number of fused-ring (bicyclic) bond motifs is 1. The van der Waals surface area contributed by atoms with Gasteiger partial charge in [0, 0.05) is 19.3 Å². The second-order valence-electron chi connectivity index (χ2n) is 12.5. The highest BCUT2D eigenvalue weighted by atomic mass is 32.2. The third kappa shape index (κ3) is 9.63. The topological polar surface area (TPSA) is 134 Å². The Morgan fingerprint density at radius 1 is 0.959 bits per heavy atom. The summed E-state index contributed by atoms with van der Waals surface area (Å²) < 4.78 is 36.2. The van der Waals surface area contributed by atoms with Crippen LogP contribution in [0.4, 0.5) is 5.13 Å². The average molecular weight is 702 g/mol. The fraction of sp³-hybridized carbons (Fsp3) is 0.324. The molecule has 258 valence electrons. The number of rotatable bonds is 16. The van der Waals surface area contributed by atoms with E-state index in [0.717, 1.165) is 22.4 Å². The van der Waals surface area contributed by atoms with Crippen LogP contribution in [0.15, 0.2) is 96.0 Å². The summed E-state index contributed by atoms with van der Waals surface area (Å²) in [5.74, 6) is 0.203.